The molecule has 5 heteroatoms. The van der Waals surface area contributed by atoms with Gasteiger partial charge in [0, 0.05) is 29.7 Å². The molecule has 0 saturated carbocycles. The van der Waals surface area contributed by atoms with Crippen LogP contribution in [-0.2, 0) is 30.6 Å². The highest BCUT2D eigenvalue weighted by atomic mass is 35.5. The van der Waals surface area contributed by atoms with E-state index in [1.54, 1.807) is 6.07 Å². The first kappa shape index (κ1) is 25.7. The van der Waals surface area contributed by atoms with Gasteiger partial charge in [-0.05, 0) is 66.1 Å². The molecule has 4 aromatic carbocycles. The van der Waals surface area contributed by atoms with Gasteiger partial charge in [0.1, 0.15) is 5.75 Å². The van der Waals surface area contributed by atoms with Crippen LogP contribution in [0, 0.1) is 0 Å². The van der Waals surface area contributed by atoms with Crippen LogP contribution in [0.4, 0.5) is 0 Å². The summed E-state index contributed by atoms with van der Waals surface area (Å²) < 4.78 is 0. The second-order valence-electron chi connectivity index (χ2n) is 10.7. The summed E-state index contributed by atoms with van der Waals surface area (Å²) in [5.74, 6) is 0.298. The van der Waals surface area contributed by atoms with Crippen LogP contribution in [0.5, 0.6) is 5.75 Å². The first-order chi connectivity index (χ1) is 19.0. The molecule has 198 valence electrons. The number of halogens is 1. The van der Waals surface area contributed by atoms with Crippen molar-refractivity contribution >= 4 is 17.5 Å². The summed E-state index contributed by atoms with van der Waals surface area (Å²) in [5.41, 5.74) is 6.89. The monoisotopic (exact) mass is 536 g/mol. The number of fused-ring (bicyclic) bond motifs is 2. The molecule has 0 radical (unpaired) electrons. The second kappa shape index (κ2) is 10.9. The number of benzene rings is 4. The molecular formula is C34H33ClN2O2. The molecule has 0 unspecified atom stereocenters. The van der Waals surface area contributed by atoms with Crippen LogP contribution < -0.4 is 0 Å². The van der Waals surface area contributed by atoms with Gasteiger partial charge in [0.15, 0.2) is 0 Å². The lowest BCUT2D eigenvalue weighted by molar-refractivity contribution is -0.140. The lowest BCUT2D eigenvalue weighted by Crippen LogP contribution is -2.53. The summed E-state index contributed by atoms with van der Waals surface area (Å²) in [6.07, 6.45) is 2.51. The van der Waals surface area contributed by atoms with Gasteiger partial charge in [-0.1, -0.05) is 96.5 Å². The molecule has 1 aliphatic carbocycles. The Kier molecular flexibility index (Phi) is 7.16. The first-order valence-electron chi connectivity index (χ1n) is 13.7. The van der Waals surface area contributed by atoms with Gasteiger partial charge in [-0.2, -0.15) is 0 Å². The average Bonchev–Trinajstić information content (AvgIpc) is 3.40. The molecule has 2 atom stereocenters. The van der Waals surface area contributed by atoms with Crippen molar-refractivity contribution < 1.29 is 9.90 Å². The number of phenols is 1. The topological polar surface area (TPSA) is 43.8 Å². The van der Waals surface area contributed by atoms with Crippen molar-refractivity contribution in [2.45, 2.75) is 50.9 Å². The van der Waals surface area contributed by atoms with Gasteiger partial charge < -0.3 is 10.0 Å². The third-order valence-corrected chi connectivity index (χ3v) is 8.81. The van der Waals surface area contributed by atoms with Gasteiger partial charge in [-0.3, -0.25) is 9.69 Å². The number of carbonyl (C=O) groups is 1. The maximum atomic E-state index is 14.5. The number of hydrogen-bond acceptors (Lipinski definition) is 3. The molecule has 0 aromatic heterocycles. The van der Waals surface area contributed by atoms with Gasteiger partial charge >= 0.3 is 0 Å². The minimum absolute atomic E-state index is 0.0350. The van der Waals surface area contributed by atoms with Crippen molar-refractivity contribution in [2.24, 2.45) is 0 Å². The number of phenolic OH excluding ortho intramolecular Hbond substituents is 1. The highest BCUT2D eigenvalue weighted by Gasteiger charge is 2.39. The fourth-order valence-electron chi connectivity index (χ4n) is 6.40. The number of para-hydroxylation sites is 1. The standard InChI is InChI=1S/C34H33ClN2O2/c1-23(36-19-18-24-10-4-6-14-29(24)33(36)30-15-7-8-16-31(30)35)34(39)37(22-27-13-5-9-17-32(27)38)28-20-25-11-2-3-12-26(25)21-28/h2-17,23,28,33,38H,18-22H2,1H3/t23-,33+/m0/s1. The van der Waals surface area contributed by atoms with Crippen molar-refractivity contribution in [1.29, 1.82) is 0 Å². The Labute approximate surface area is 235 Å². The van der Waals surface area contributed by atoms with Gasteiger partial charge in [-0.15, -0.1) is 0 Å². The minimum atomic E-state index is -0.380. The van der Waals surface area contributed by atoms with E-state index in [1.807, 2.05) is 48.2 Å². The van der Waals surface area contributed by atoms with Crippen LogP contribution in [0.25, 0.3) is 0 Å². The van der Waals surface area contributed by atoms with Crippen LogP contribution >= 0.6 is 11.6 Å². The zero-order valence-electron chi connectivity index (χ0n) is 22.1. The van der Waals surface area contributed by atoms with Gasteiger partial charge in [0.25, 0.3) is 0 Å². The third kappa shape index (κ3) is 4.95. The molecule has 1 amide bonds. The van der Waals surface area contributed by atoms with E-state index in [0.717, 1.165) is 36.9 Å². The highest BCUT2D eigenvalue weighted by molar-refractivity contribution is 6.31. The fourth-order valence-corrected chi connectivity index (χ4v) is 6.64. The van der Waals surface area contributed by atoms with Crippen molar-refractivity contribution in [3.8, 4) is 5.75 Å². The molecule has 0 spiro atoms. The number of nitrogens with zero attached hydrogens (tertiary/aromatic N) is 2. The third-order valence-electron chi connectivity index (χ3n) is 8.46. The lowest BCUT2D eigenvalue weighted by Gasteiger charge is -2.43. The Bertz CT molecular complexity index is 1480. The number of hydrogen-bond donors (Lipinski definition) is 1. The van der Waals surface area contributed by atoms with Crippen molar-refractivity contribution in [3.63, 3.8) is 0 Å². The average molecular weight is 537 g/mol. The Morgan fingerprint density at radius 1 is 0.872 bits per heavy atom. The molecule has 4 nitrogen and oxygen atoms in total. The molecule has 4 aromatic rings. The minimum Gasteiger partial charge on any atom is -0.508 e. The molecule has 1 aliphatic heterocycles. The number of carbonyl (C=O) groups excluding carboxylic acids is 1. The lowest BCUT2D eigenvalue weighted by atomic mass is 9.87. The smallest absolute Gasteiger partial charge is 0.240 e. The Morgan fingerprint density at radius 2 is 1.46 bits per heavy atom. The largest absolute Gasteiger partial charge is 0.508 e. The van der Waals surface area contributed by atoms with Crippen molar-refractivity contribution in [3.05, 3.63) is 135 Å². The summed E-state index contributed by atoms with van der Waals surface area (Å²) in [4.78, 5) is 18.9. The number of amides is 1. The summed E-state index contributed by atoms with van der Waals surface area (Å²) >= 11 is 6.77. The van der Waals surface area contributed by atoms with Crippen LogP contribution in [0.1, 0.15) is 46.3 Å². The zero-order chi connectivity index (χ0) is 26.9. The zero-order valence-corrected chi connectivity index (χ0v) is 22.9. The molecule has 1 heterocycles. The molecule has 2 aliphatic rings. The van der Waals surface area contributed by atoms with Gasteiger partial charge in [-0.25, -0.2) is 0 Å². The predicted octanol–water partition coefficient (Wildman–Crippen LogP) is 6.58. The maximum absolute atomic E-state index is 14.5. The van der Waals surface area contributed by atoms with Crippen LogP contribution in [0.2, 0.25) is 5.02 Å². The Hall–Kier alpha value is -3.60. The van der Waals surface area contributed by atoms with E-state index in [9.17, 15) is 9.90 Å². The molecule has 6 rings (SSSR count). The summed E-state index contributed by atoms with van der Waals surface area (Å²) in [6, 6.07) is 31.8. The molecule has 0 fully saturated rings. The summed E-state index contributed by atoms with van der Waals surface area (Å²) in [5, 5.41) is 11.3. The van der Waals surface area contributed by atoms with Crippen LogP contribution in [-0.4, -0.2) is 39.4 Å². The quantitative estimate of drug-likeness (QED) is 0.303. The molecule has 39 heavy (non-hydrogen) atoms. The van der Waals surface area contributed by atoms with E-state index in [-0.39, 0.29) is 29.8 Å². The van der Waals surface area contributed by atoms with Crippen molar-refractivity contribution in [2.75, 3.05) is 6.54 Å². The summed E-state index contributed by atoms with van der Waals surface area (Å²) in [7, 11) is 0. The highest BCUT2D eigenvalue weighted by Crippen LogP contribution is 2.40. The van der Waals surface area contributed by atoms with E-state index in [2.05, 4.69) is 59.5 Å². The Balaban J connectivity index is 1.36. The van der Waals surface area contributed by atoms with E-state index >= 15 is 0 Å². The molecule has 0 bridgehead atoms. The fraction of sp³-hybridized carbons (Fsp3) is 0.265. The molecular weight excluding hydrogens is 504 g/mol. The first-order valence-corrected chi connectivity index (χ1v) is 14.1. The normalized spacial score (nSPS) is 17.8. The molecule has 1 N–H and O–H groups in total. The van der Waals surface area contributed by atoms with Crippen LogP contribution in [0.15, 0.2) is 97.1 Å². The Morgan fingerprint density at radius 3 is 2.15 bits per heavy atom. The predicted molar refractivity (Wildman–Crippen MR) is 156 cm³/mol. The summed E-state index contributed by atoms with van der Waals surface area (Å²) in [6.45, 7) is 3.16. The van der Waals surface area contributed by atoms with Crippen LogP contribution in [0.3, 0.4) is 0 Å². The van der Waals surface area contributed by atoms with Gasteiger partial charge in [0.2, 0.25) is 5.91 Å². The maximum Gasteiger partial charge on any atom is 0.240 e. The second-order valence-corrected chi connectivity index (χ2v) is 11.1. The van der Waals surface area contributed by atoms with E-state index < -0.39 is 0 Å². The molecule has 0 saturated heterocycles. The van der Waals surface area contributed by atoms with Gasteiger partial charge in [0.05, 0.1) is 12.1 Å². The number of rotatable bonds is 6. The van der Waals surface area contributed by atoms with E-state index in [4.69, 9.17) is 11.6 Å². The van der Waals surface area contributed by atoms with Crippen molar-refractivity contribution in [1.82, 2.24) is 9.80 Å². The van der Waals surface area contributed by atoms with E-state index in [0.29, 0.717) is 11.6 Å². The number of aromatic hydroxyl groups is 1. The SMILES string of the molecule is C[C@@H](C(=O)N(Cc1ccccc1O)C1Cc2ccccc2C1)N1CCc2ccccc2[C@@H]1c1ccccc1Cl. The van der Waals surface area contributed by atoms with E-state index in [1.165, 1.54) is 22.3 Å².